The second-order valence-electron chi connectivity index (χ2n) is 4.49. The maximum absolute atomic E-state index is 11.8. The highest BCUT2D eigenvalue weighted by Crippen LogP contribution is 2.08. The first-order valence-corrected chi connectivity index (χ1v) is 6.34. The molecule has 0 radical (unpaired) electrons. The lowest BCUT2D eigenvalue weighted by molar-refractivity contribution is 0.104. The first-order chi connectivity index (χ1) is 8.36. The molecule has 0 bridgehead atoms. The van der Waals surface area contributed by atoms with Gasteiger partial charge >= 0.3 is 0 Å². The smallest absolute Gasteiger partial charge is 0.185 e. The topological polar surface area (TPSA) is 20.3 Å². The molecular weight excluding hydrogens is 210 g/mol. The van der Waals surface area contributed by atoms with E-state index in [1.54, 1.807) is 6.08 Å². The van der Waals surface area contributed by atoms with Gasteiger partial charge < -0.3 is 0 Å². The van der Waals surface area contributed by atoms with E-state index in [1.807, 2.05) is 36.4 Å². The van der Waals surface area contributed by atoms with Crippen LogP contribution < -0.4 is 0 Å². The summed E-state index contributed by atoms with van der Waals surface area (Å²) in [5.41, 5.74) is 0.766. The molecule has 0 N–H and O–H groups in total. The molecule has 2 rings (SSSR count). The van der Waals surface area contributed by atoms with Crippen molar-refractivity contribution in [3.05, 3.63) is 48.0 Å². The zero-order valence-electron chi connectivity index (χ0n) is 10.1. The highest BCUT2D eigenvalue weighted by Gasteiger charge is 2.07. The minimum absolute atomic E-state index is 0.0996. The molecule has 0 aromatic heterocycles. The van der Waals surface area contributed by atoms with Crippen LogP contribution in [0, 0.1) is 0 Å². The van der Waals surface area contributed by atoms with Crippen LogP contribution in [0.1, 0.15) is 29.6 Å². The third kappa shape index (κ3) is 3.82. The van der Waals surface area contributed by atoms with Crippen LogP contribution in [0.15, 0.2) is 42.5 Å². The van der Waals surface area contributed by atoms with Crippen LogP contribution >= 0.6 is 0 Å². The van der Waals surface area contributed by atoms with Crippen molar-refractivity contribution in [1.82, 2.24) is 4.90 Å². The van der Waals surface area contributed by atoms with Crippen molar-refractivity contribution in [2.24, 2.45) is 0 Å². The van der Waals surface area contributed by atoms with Crippen molar-refractivity contribution in [3.63, 3.8) is 0 Å². The lowest BCUT2D eigenvalue weighted by atomic mass is 10.1. The highest BCUT2D eigenvalue weighted by molar-refractivity contribution is 6.04. The van der Waals surface area contributed by atoms with Crippen LogP contribution in [0.3, 0.4) is 0 Å². The van der Waals surface area contributed by atoms with E-state index in [2.05, 4.69) is 4.90 Å². The Morgan fingerprint density at radius 2 is 1.82 bits per heavy atom. The molecule has 0 amide bonds. The van der Waals surface area contributed by atoms with Gasteiger partial charge in [-0.05, 0) is 32.0 Å². The molecule has 90 valence electrons. The molecule has 17 heavy (non-hydrogen) atoms. The molecule has 2 heteroatoms. The Morgan fingerprint density at radius 1 is 1.12 bits per heavy atom. The summed E-state index contributed by atoms with van der Waals surface area (Å²) in [5.74, 6) is 0.0996. The Morgan fingerprint density at radius 3 is 2.53 bits per heavy atom. The van der Waals surface area contributed by atoms with Crippen LogP contribution in [0.5, 0.6) is 0 Å². The summed E-state index contributed by atoms with van der Waals surface area (Å²) in [6.07, 6.45) is 7.62. The van der Waals surface area contributed by atoms with E-state index in [1.165, 1.54) is 32.4 Å². The minimum Gasteiger partial charge on any atom is -0.300 e. The van der Waals surface area contributed by atoms with Gasteiger partial charge in [0, 0.05) is 12.1 Å². The fourth-order valence-electron chi connectivity index (χ4n) is 2.15. The Kier molecular flexibility index (Phi) is 4.51. The summed E-state index contributed by atoms with van der Waals surface area (Å²) in [5, 5.41) is 0. The molecule has 1 aliphatic heterocycles. The monoisotopic (exact) mass is 229 g/mol. The number of ketones is 1. The molecule has 2 nitrogen and oxygen atoms in total. The lowest BCUT2D eigenvalue weighted by Gasteiger charge is -2.24. The van der Waals surface area contributed by atoms with Gasteiger partial charge in [0.2, 0.25) is 0 Å². The fourth-order valence-corrected chi connectivity index (χ4v) is 2.15. The highest BCUT2D eigenvalue weighted by atomic mass is 16.1. The Hall–Kier alpha value is -1.41. The van der Waals surface area contributed by atoms with Crippen LogP contribution in [0.2, 0.25) is 0 Å². The summed E-state index contributed by atoms with van der Waals surface area (Å²) >= 11 is 0. The number of carbonyl (C=O) groups is 1. The molecule has 0 saturated carbocycles. The summed E-state index contributed by atoms with van der Waals surface area (Å²) in [6.45, 7) is 3.24. The van der Waals surface area contributed by atoms with Gasteiger partial charge in [0.1, 0.15) is 0 Å². The van der Waals surface area contributed by atoms with Gasteiger partial charge in [0.15, 0.2) is 5.78 Å². The molecule has 0 unspecified atom stereocenters. The molecule has 1 aromatic carbocycles. The summed E-state index contributed by atoms with van der Waals surface area (Å²) < 4.78 is 0. The normalized spacial score (nSPS) is 17.4. The van der Waals surface area contributed by atoms with Gasteiger partial charge in [0.25, 0.3) is 0 Å². The van der Waals surface area contributed by atoms with E-state index in [9.17, 15) is 4.79 Å². The van der Waals surface area contributed by atoms with Crippen LogP contribution in [0.4, 0.5) is 0 Å². The predicted octanol–water partition coefficient (Wildman–Crippen LogP) is 2.91. The van der Waals surface area contributed by atoms with E-state index < -0.39 is 0 Å². The van der Waals surface area contributed by atoms with E-state index >= 15 is 0 Å². The maximum Gasteiger partial charge on any atom is 0.185 e. The minimum atomic E-state index is 0.0996. The van der Waals surface area contributed by atoms with Crippen LogP contribution in [-0.4, -0.2) is 30.3 Å². The molecule has 0 spiro atoms. The largest absolute Gasteiger partial charge is 0.300 e. The molecule has 1 heterocycles. The number of carbonyl (C=O) groups excluding carboxylic acids is 1. The van der Waals surface area contributed by atoms with E-state index in [0.717, 1.165) is 12.1 Å². The number of piperidine rings is 1. The Bertz CT molecular complexity index is 377. The van der Waals surface area contributed by atoms with Crippen molar-refractivity contribution in [3.8, 4) is 0 Å². The average Bonchev–Trinajstić information content (AvgIpc) is 2.41. The zero-order chi connectivity index (χ0) is 11.9. The standard InChI is InChI=1S/C15H19NO/c17-15(14-8-3-1-4-9-14)10-7-13-16-11-5-2-6-12-16/h1,3-4,7-10H,2,5-6,11-13H2/b10-7+. The van der Waals surface area contributed by atoms with E-state index in [0.29, 0.717) is 0 Å². The predicted molar refractivity (Wildman–Crippen MR) is 70.2 cm³/mol. The van der Waals surface area contributed by atoms with E-state index in [4.69, 9.17) is 0 Å². The number of nitrogens with zero attached hydrogens (tertiary/aromatic N) is 1. The summed E-state index contributed by atoms with van der Waals surface area (Å²) in [6, 6.07) is 9.42. The van der Waals surface area contributed by atoms with Crippen LogP contribution in [0.25, 0.3) is 0 Å². The fraction of sp³-hybridized carbons (Fsp3) is 0.400. The number of hydrogen-bond acceptors (Lipinski definition) is 2. The number of hydrogen-bond donors (Lipinski definition) is 0. The van der Waals surface area contributed by atoms with Gasteiger partial charge in [0.05, 0.1) is 0 Å². The molecule has 1 fully saturated rings. The van der Waals surface area contributed by atoms with Crippen molar-refractivity contribution in [1.29, 1.82) is 0 Å². The second kappa shape index (κ2) is 6.36. The van der Waals surface area contributed by atoms with E-state index in [-0.39, 0.29) is 5.78 Å². The lowest BCUT2D eigenvalue weighted by Crippen LogP contribution is -2.29. The maximum atomic E-state index is 11.8. The molecule has 0 atom stereocenters. The summed E-state index contributed by atoms with van der Waals surface area (Å²) in [7, 11) is 0. The first-order valence-electron chi connectivity index (χ1n) is 6.34. The second-order valence-corrected chi connectivity index (χ2v) is 4.49. The molecular formula is C15H19NO. The Labute approximate surface area is 103 Å². The van der Waals surface area contributed by atoms with Gasteiger partial charge in [-0.1, -0.05) is 42.8 Å². The number of allylic oxidation sites excluding steroid dienone is 1. The Balaban J connectivity index is 1.82. The van der Waals surface area contributed by atoms with Gasteiger partial charge in [-0.2, -0.15) is 0 Å². The molecule has 1 aliphatic rings. The SMILES string of the molecule is O=C(/C=C/CN1CCCCC1)c1ccccc1. The van der Waals surface area contributed by atoms with Crippen LogP contribution in [-0.2, 0) is 0 Å². The third-order valence-electron chi connectivity index (χ3n) is 3.14. The summed E-state index contributed by atoms with van der Waals surface area (Å²) in [4.78, 5) is 14.2. The third-order valence-corrected chi connectivity index (χ3v) is 3.14. The van der Waals surface area contributed by atoms with Crippen molar-refractivity contribution in [2.75, 3.05) is 19.6 Å². The van der Waals surface area contributed by atoms with Gasteiger partial charge in [-0.15, -0.1) is 0 Å². The first kappa shape index (κ1) is 12.1. The number of likely N-dealkylation sites (tertiary alicyclic amines) is 1. The van der Waals surface area contributed by atoms with Crippen molar-refractivity contribution >= 4 is 5.78 Å². The van der Waals surface area contributed by atoms with Crippen molar-refractivity contribution < 1.29 is 4.79 Å². The number of benzene rings is 1. The quantitative estimate of drug-likeness (QED) is 0.584. The average molecular weight is 229 g/mol. The number of rotatable bonds is 4. The molecule has 1 saturated heterocycles. The van der Waals surface area contributed by atoms with Crippen molar-refractivity contribution in [2.45, 2.75) is 19.3 Å². The van der Waals surface area contributed by atoms with Gasteiger partial charge in [-0.25, -0.2) is 0 Å². The zero-order valence-corrected chi connectivity index (χ0v) is 10.1. The molecule has 0 aliphatic carbocycles. The van der Waals surface area contributed by atoms with Gasteiger partial charge in [-0.3, -0.25) is 9.69 Å². The molecule has 1 aromatic rings.